The Morgan fingerprint density at radius 1 is 0.250 bits per heavy atom. The fourth-order valence-electron chi connectivity index (χ4n) is 10.7. The van der Waals surface area contributed by atoms with Gasteiger partial charge in [0, 0.05) is 19.3 Å². The van der Waals surface area contributed by atoms with Crippen molar-refractivity contribution in [3.63, 3.8) is 0 Å². The summed E-state index contributed by atoms with van der Waals surface area (Å²) >= 11 is 0. The Labute approximate surface area is 498 Å². The van der Waals surface area contributed by atoms with E-state index in [0.29, 0.717) is 19.3 Å². The van der Waals surface area contributed by atoms with Crippen LogP contribution in [0, 0.1) is 0 Å². The van der Waals surface area contributed by atoms with Crippen LogP contribution in [0.2, 0.25) is 0 Å². The van der Waals surface area contributed by atoms with E-state index in [1.54, 1.807) is 0 Å². The molecule has 1 unspecified atom stereocenters. The lowest BCUT2D eigenvalue weighted by molar-refractivity contribution is -0.167. The third-order valence-electron chi connectivity index (χ3n) is 16.1. The molecule has 0 aromatic heterocycles. The molecule has 0 spiro atoms. The Morgan fingerprint density at radius 2 is 0.450 bits per heavy atom. The Hall–Kier alpha value is -2.63. The van der Waals surface area contributed by atoms with Crippen LogP contribution >= 0.6 is 0 Å². The van der Waals surface area contributed by atoms with Gasteiger partial charge >= 0.3 is 17.9 Å². The first-order chi connectivity index (χ1) is 39.5. The minimum Gasteiger partial charge on any atom is -0.462 e. The van der Waals surface area contributed by atoms with E-state index in [2.05, 4.69) is 69.4 Å². The molecule has 0 heterocycles. The summed E-state index contributed by atoms with van der Waals surface area (Å²) in [5.41, 5.74) is 0. The van der Waals surface area contributed by atoms with E-state index in [-0.39, 0.29) is 31.1 Å². The number of allylic oxidation sites excluding steroid dienone is 8. The zero-order chi connectivity index (χ0) is 57.8. The van der Waals surface area contributed by atoms with Crippen molar-refractivity contribution in [1.29, 1.82) is 0 Å². The highest BCUT2D eigenvalue weighted by molar-refractivity contribution is 5.71. The summed E-state index contributed by atoms with van der Waals surface area (Å²) in [6.45, 7) is 6.68. The van der Waals surface area contributed by atoms with Crippen LogP contribution in [0.3, 0.4) is 0 Å². The van der Waals surface area contributed by atoms with Crippen molar-refractivity contribution in [2.45, 2.75) is 393 Å². The molecule has 0 N–H and O–H groups in total. The normalized spacial score (nSPS) is 12.3. The number of carbonyl (C=O) groups is 3. The number of esters is 3. The highest BCUT2D eigenvalue weighted by atomic mass is 16.6. The highest BCUT2D eigenvalue weighted by Gasteiger charge is 2.19. The summed E-state index contributed by atoms with van der Waals surface area (Å²) in [7, 11) is 0. The molecule has 0 fully saturated rings. The van der Waals surface area contributed by atoms with Crippen LogP contribution in [0.25, 0.3) is 0 Å². The smallest absolute Gasteiger partial charge is 0.306 e. The average Bonchev–Trinajstić information content (AvgIpc) is 3.46. The minimum atomic E-state index is -0.775. The molecule has 1 atom stereocenters. The zero-order valence-corrected chi connectivity index (χ0v) is 53.9. The van der Waals surface area contributed by atoms with Gasteiger partial charge in [0.25, 0.3) is 0 Å². The van der Waals surface area contributed by atoms with E-state index in [9.17, 15) is 14.4 Å². The standard InChI is InChI=1S/C74H136O6/c1-4-7-10-13-16-19-22-25-28-30-31-32-33-34-35-36-37-38-39-40-41-42-43-44-47-49-52-55-58-61-64-67-73(76)79-70-71(69-78-72(75)66-63-60-57-54-51-48-45-27-24-21-18-15-12-9-6-3)80-74(77)68-65-62-59-56-53-50-46-29-26-23-20-17-14-11-8-5-2/h22,25,29-31,33-34,46,71H,4-21,23-24,26-28,32,35-45,47-70H2,1-3H3/b25-22-,31-30-,34-33-,46-29-. The van der Waals surface area contributed by atoms with Gasteiger partial charge in [0.15, 0.2) is 6.10 Å². The Balaban J connectivity index is 4.19. The molecule has 0 amide bonds. The molecule has 0 radical (unpaired) electrons. The molecule has 0 bridgehead atoms. The third-order valence-corrected chi connectivity index (χ3v) is 16.1. The lowest BCUT2D eigenvalue weighted by Crippen LogP contribution is -2.30. The molecular weight excluding hydrogens is 985 g/mol. The van der Waals surface area contributed by atoms with Crippen LogP contribution in [0.5, 0.6) is 0 Å². The average molecular weight is 1120 g/mol. The zero-order valence-electron chi connectivity index (χ0n) is 53.9. The van der Waals surface area contributed by atoms with E-state index in [0.717, 1.165) is 77.0 Å². The van der Waals surface area contributed by atoms with Gasteiger partial charge in [-0.05, 0) is 83.5 Å². The number of ether oxygens (including phenoxy) is 3. The van der Waals surface area contributed by atoms with Gasteiger partial charge in [-0.25, -0.2) is 0 Å². The molecule has 80 heavy (non-hydrogen) atoms. The maximum Gasteiger partial charge on any atom is 0.306 e. The van der Waals surface area contributed by atoms with Crippen molar-refractivity contribution in [2.24, 2.45) is 0 Å². The molecular formula is C74H136O6. The molecule has 0 aromatic carbocycles. The first kappa shape index (κ1) is 77.4. The molecule has 0 aliphatic rings. The molecule has 6 heteroatoms. The summed E-state index contributed by atoms with van der Waals surface area (Å²) in [6, 6.07) is 0. The summed E-state index contributed by atoms with van der Waals surface area (Å²) in [5, 5.41) is 0. The lowest BCUT2D eigenvalue weighted by atomic mass is 10.0. The topological polar surface area (TPSA) is 78.9 Å². The Bertz CT molecular complexity index is 1380. The maximum atomic E-state index is 12.9. The number of unbranched alkanes of at least 4 members (excludes halogenated alkanes) is 47. The van der Waals surface area contributed by atoms with Crippen molar-refractivity contribution in [2.75, 3.05) is 13.2 Å². The van der Waals surface area contributed by atoms with Gasteiger partial charge in [-0.15, -0.1) is 0 Å². The fourth-order valence-corrected chi connectivity index (χ4v) is 10.7. The number of hydrogen-bond donors (Lipinski definition) is 0. The molecule has 468 valence electrons. The molecule has 0 saturated carbocycles. The maximum absolute atomic E-state index is 12.9. The van der Waals surface area contributed by atoms with E-state index in [4.69, 9.17) is 14.2 Å². The summed E-state index contributed by atoms with van der Waals surface area (Å²) in [4.78, 5) is 38.4. The van der Waals surface area contributed by atoms with E-state index >= 15 is 0 Å². The largest absolute Gasteiger partial charge is 0.462 e. The first-order valence-corrected chi connectivity index (χ1v) is 35.6. The summed E-state index contributed by atoms with van der Waals surface area (Å²) in [5.74, 6) is -0.853. The number of carbonyl (C=O) groups excluding carboxylic acids is 3. The van der Waals surface area contributed by atoms with Crippen LogP contribution in [0.1, 0.15) is 387 Å². The summed E-state index contributed by atoms with van der Waals surface area (Å²) < 4.78 is 17.0. The molecule has 0 aromatic rings. The van der Waals surface area contributed by atoms with Gasteiger partial charge < -0.3 is 14.2 Å². The van der Waals surface area contributed by atoms with Crippen molar-refractivity contribution in [3.8, 4) is 0 Å². The molecule has 0 saturated heterocycles. The second-order valence-corrected chi connectivity index (χ2v) is 24.1. The predicted octanol–water partition coefficient (Wildman–Crippen LogP) is 24.5. The second kappa shape index (κ2) is 68.9. The van der Waals surface area contributed by atoms with Crippen LogP contribution in [0.15, 0.2) is 48.6 Å². The van der Waals surface area contributed by atoms with Crippen molar-refractivity contribution >= 4 is 17.9 Å². The predicted molar refractivity (Wildman–Crippen MR) is 349 cm³/mol. The van der Waals surface area contributed by atoms with Gasteiger partial charge in [0.2, 0.25) is 0 Å². The minimum absolute atomic E-state index is 0.0708. The van der Waals surface area contributed by atoms with E-state index in [1.807, 2.05) is 0 Å². The summed E-state index contributed by atoms with van der Waals surface area (Å²) in [6.07, 6.45) is 87.1. The van der Waals surface area contributed by atoms with Crippen LogP contribution < -0.4 is 0 Å². The fraction of sp³-hybridized carbons (Fsp3) is 0.851. The quantitative estimate of drug-likeness (QED) is 0.0261. The van der Waals surface area contributed by atoms with Crippen molar-refractivity contribution in [3.05, 3.63) is 48.6 Å². The first-order valence-electron chi connectivity index (χ1n) is 35.6. The number of rotatable bonds is 66. The Morgan fingerprint density at radius 3 is 0.713 bits per heavy atom. The van der Waals surface area contributed by atoms with E-state index < -0.39 is 6.10 Å². The second-order valence-electron chi connectivity index (χ2n) is 24.1. The van der Waals surface area contributed by atoms with Crippen LogP contribution in [-0.2, 0) is 28.6 Å². The molecule has 0 aliphatic heterocycles. The van der Waals surface area contributed by atoms with Crippen molar-refractivity contribution in [1.82, 2.24) is 0 Å². The van der Waals surface area contributed by atoms with Gasteiger partial charge in [-0.3, -0.25) is 14.4 Å². The van der Waals surface area contributed by atoms with Gasteiger partial charge in [-0.1, -0.05) is 333 Å². The van der Waals surface area contributed by atoms with Gasteiger partial charge in [0.05, 0.1) is 0 Å². The van der Waals surface area contributed by atoms with Crippen molar-refractivity contribution < 1.29 is 28.6 Å². The molecule has 0 rings (SSSR count). The lowest BCUT2D eigenvalue weighted by Gasteiger charge is -2.18. The molecule has 6 nitrogen and oxygen atoms in total. The SMILES string of the molecule is CCCCCCC/C=C\C/C=C\C/C=C\CCCCCCCCCCCCCCCCCCC(=O)OCC(COC(=O)CCCCCCCCCCCCCCCCC)OC(=O)CCCCCCC/C=C\CCCCCCCCC. The van der Waals surface area contributed by atoms with Crippen LogP contribution in [-0.4, -0.2) is 37.2 Å². The Kier molecular flexibility index (Phi) is 66.6. The third kappa shape index (κ3) is 66.2. The number of hydrogen-bond acceptors (Lipinski definition) is 6. The van der Waals surface area contributed by atoms with Gasteiger partial charge in [-0.2, -0.15) is 0 Å². The highest BCUT2D eigenvalue weighted by Crippen LogP contribution is 2.18. The van der Waals surface area contributed by atoms with E-state index in [1.165, 1.54) is 270 Å². The van der Waals surface area contributed by atoms with Crippen LogP contribution in [0.4, 0.5) is 0 Å². The monoisotopic (exact) mass is 1120 g/mol. The van der Waals surface area contributed by atoms with Gasteiger partial charge in [0.1, 0.15) is 13.2 Å². The molecule has 0 aliphatic carbocycles.